The topological polar surface area (TPSA) is 64.6 Å². The zero-order valence-corrected chi connectivity index (χ0v) is 20.7. The van der Waals surface area contributed by atoms with Crippen LogP contribution in [0.2, 0.25) is 12.1 Å². The molecular formula is C19H42O7Si2. The van der Waals surface area contributed by atoms with E-state index in [0.717, 1.165) is 38.0 Å². The first-order valence-electron chi connectivity index (χ1n) is 10.0. The summed E-state index contributed by atoms with van der Waals surface area (Å²) in [5.41, 5.74) is 0. The van der Waals surface area contributed by atoms with Crippen LogP contribution in [0, 0.1) is 0 Å². The molecule has 0 aliphatic heterocycles. The highest BCUT2D eigenvalue weighted by molar-refractivity contribution is 6.60. The summed E-state index contributed by atoms with van der Waals surface area (Å²) in [6, 6.07) is 1.84. The molecule has 0 saturated heterocycles. The summed E-state index contributed by atoms with van der Waals surface area (Å²) in [5.74, 6) is 0. The van der Waals surface area contributed by atoms with Gasteiger partial charge in [-0.25, -0.2) is 0 Å². The Morgan fingerprint density at radius 3 is 1.61 bits per heavy atom. The van der Waals surface area contributed by atoms with E-state index in [1.54, 1.807) is 14.2 Å². The van der Waals surface area contributed by atoms with E-state index in [1.807, 2.05) is 20.8 Å². The molecule has 7 nitrogen and oxygen atoms in total. The molecule has 0 aliphatic rings. The largest absolute Gasteiger partial charge is 0.502 e. The second-order valence-corrected chi connectivity index (χ2v) is 10.7. The minimum absolute atomic E-state index is 0.620. The number of rotatable bonds is 19. The Hall–Kier alpha value is -0.686. The molecule has 0 atom stereocenters. The zero-order valence-electron chi connectivity index (χ0n) is 18.6. The average molecular weight is 439 g/mol. The summed E-state index contributed by atoms with van der Waals surface area (Å²) in [6.07, 6.45) is 5.93. The van der Waals surface area contributed by atoms with Crippen molar-refractivity contribution < 1.29 is 31.6 Å². The standard InChI is InChI=1S/C11H24O4Si.C8H18O3Si/c1-5-12-10-9-11-16(13-6-2,14-7-3)15-8-4;1-4-11-7-5-6-8-12(9-2)10-3/h5H,1,6-11H2,2-4H3;4,12H,1,5-8H2,2-3H3. The van der Waals surface area contributed by atoms with Gasteiger partial charge in [0, 0.05) is 40.1 Å². The van der Waals surface area contributed by atoms with E-state index >= 15 is 0 Å². The van der Waals surface area contributed by atoms with Crippen LogP contribution < -0.4 is 0 Å². The number of unbranched alkanes of at least 4 members (excludes halogenated alkanes) is 1. The van der Waals surface area contributed by atoms with Gasteiger partial charge in [0.2, 0.25) is 0 Å². The van der Waals surface area contributed by atoms with E-state index in [1.165, 1.54) is 12.5 Å². The third kappa shape index (κ3) is 17.4. The molecular weight excluding hydrogens is 396 g/mol. The molecule has 0 heterocycles. The number of hydrogen-bond donors (Lipinski definition) is 0. The van der Waals surface area contributed by atoms with Crippen LogP contribution in [0.4, 0.5) is 0 Å². The van der Waals surface area contributed by atoms with Crippen LogP contribution in [0.25, 0.3) is 0 Å². The summed E-state index contributed by atoms with van der Waals surface area (Å²) < 4.78 is 37.5. The van der Waals surface area contributed by atoms with Gasteiger partial charge in [-0.3, -0.25) is 0 Å². The highest BCUT2D eigenvalue weighted by Crippen LogP contribution is 2.18. The first-order valence-corrected chi connectivity index (χ1v) is 13.7. The van der Waals surface area contributed by atoms with Crippen molar-refractivity contribution in [2.75, 3.05) is 47.3 Å². The highest BCUT2D eigenvalue weighted by atomic mass is 28.4. The molecule has 0 amide bonds. The van der Waals surface area contributed by atoms with Gasteiger partial charge in [0.25, 0.3) is 0 Å². The number of ether oxygens (including phenoxy) is 2. The van der Waals surface area contributed by atoms with E-state index in [-0.39, 0.29) is 0 Å². The normalized spacial score (nSPS) is 10.9. The van der Waals surface area contributed by atoms with Gasteiger partial charge in [0.1, 0.15) is 0 Å². The SMILES string of the molecule is C=COCCCC[SiH](OC)OC.C=COCCC[Si](OCC)(OCC)OCC. The lowest BCUT2D eigenvalue weighted by Gasteiger charge is -2.28. The van der Waals surface area contributed by atoms with Crippen LogP contribution in [0.3, 0.4) is 0 Å². The van der Waals surface area contributed by atoms with E-state index < -0.39 is 18.1 Å². The van der Waals surface area contributed by atoms with E-state index in [2.05, 4.69) is 13.2 Å². The molecule has 0 N–H and O–H groups in total. The Morgan fingerprint density at radius 1 is 0.750 bits per heavy atom. The fourth-order valence-corrected chi connectivity index (χ4v) is 6.23. The van der Waals surface area contributed by atoms with Crippen molar-refractivity contribution in [3.63, 3.8) is 0 Å². The Balaban J connectivity index is 0. The summed E-state index contributed by atoms with van der Waals surface area (Å²) in [4.78, 5) is 0. The lowest BCUT2D eigenvalue weighted by Crippen LogP contribution is -2.46. The lowest BCUT2D eigenvalue weighted by atomic mass is 10.4. The first kappa shape index (κ1) is 29.5. The van der Waals surface area contributed by atoms with Crippen molar-refractivity contribution in [3.05, 3.63) is 25.7 Å². The smallest absolute Gasteiger partial charge is 0.501 e. The molecule has 0 radical (unpaired) electrons. The fourth-order valence-electron chi connectivity index (χ4n) is 2.37. The Bertz CT molecular complexity index is 325. The second kappa shape index (κ2) is 22.6. The third-order valence-corrected chi connectivity index (χ3v) is 8.63. The molecule has 0 aliphatic carbocycles. The average Bonchev–Trinajstić information content (AvgIpc) is 2.69. The molecule has 0 saturated carbocycles. The second-order valence-electron chi connectivity index (χ2n) is 5.56. The Labute approximate surface area is 175 Å². The van der Waals surface area contributed by atoms with Gasteiger partial charge in [0.05, 0.1) is 25.7 Å². The first-order chi connectivity index (χ1) is 13.6. The van der Waals surface area contributed by atoms with Gasteiger partial charge in [-0.1, -0.05) is 13.2 Å². The predicted octanol–water partition coefficient (Wildman–Crippen LogP) is 4.03. The maximum Gasteiger partial charge on any atom is 0.501 e. The molecule has 168 valence electrons. The molecule has 0 aromatic rings. The van der Waals surface area contributed by atoms with Crippen LogP contribution in [0.5, 0.6) is 0 Å². The molecule has 0 aromatic heterocycles. The van der Waals surface area contributed by atoms with E-state index in [9.17, 15) is 0 Å². The molecule has 0 fully saturated rings. The quantitative estimate of drug-likeness (QED) is 0.171. The zero-order chi connectivity index (χ0) is 21.5. The minimum Gasteiger partial charge on any atom is -0.502 e. The van der Waals surface area contributed by atoms with Gasteiger partial charge < -0.3 is 31.6 Å². The van der Waals surface area contributed by atoms with E-state index in [4.69, 9.17) is 31.6 Å². The van der Waals surface area contributed by atoms with Crippen LogP contribution in [-0.4, -0.2) is 65.3 Å². The monoisotopic (exact) mass is 438 g/mol. The van der Waals surface area contributed by atoms with Crippen LogP contribution >= 0.6 is 0 Å². The van der Waals surface area contributed by atoms with Crippen molar-refractivity contribution in [1.29, 1.82) is 0 Å². The summed E-state index contributed by atoms with van der Waals surface area (Å²) in [7, 11) is -0.367. The Morgan fingerprint density at radius 2 is 1.21 bits per heavy atom. The Kier molecular flexibility index (Phi) is 23.8. The summed E-state index contributed by atoms with van der Waals surface area (Å²) >= 11 is 0. The number of hydrogen-bond acceptors (Lipinski definition) is 7. The van der Waals surface area contributed by atoms with Gasteiger partial charge in [-0.2, -0.15) is 0 Å². The lowest BCUT2D eigenvalue weighted by molar-refractivity contribution is 0.0690. The predicted molar refractivity (Wildman–Crippen MR) is 118 cm³/mol. The fraction of sp³-hybridized carbons (Fsp3) is 0.789. The van der Waals surface area contributed by atoms with Crippen molar-refractivity contribution >= 4 is 18.1 Å². The molecule has 0 bridgehead atoms. The van der Waals surface area contributed by atoms with Crippen LogP contribution in [0.1, 0.15) is 40.0 Å². The molecule has 0 rings (SSSR count). The van der Waals surface area contributed by atoms with Gasteiger partial charge >= 0.3 is 18.1 Å². The van der Waals surface area contributed by atoms with Crippen molar-refractivity contribution in [2.24, 2.45) is 0 Å². The highest BCUT2D eigenvalue weighted by Gasteiger charge is 2.39. The van der Waals surface area contributed by atoms with Gasteiger partial charge in [-0.05, 0) is 46.1 Å². The molecule has 0 unspecified atom stereocenters. The van der Waals surface area contributed by atoms with Crippen LogP contribution in [0.15, 0.2) is 25.7 Å². The van der Waals surface area contributed by atoms with Gasteiger partial charge in [0.15, 0.2) is 0 Å². The van der Waals surface area contributed by atoms with Crippen molar-refractivity contribution in [2.45, 2.75) is 52.1 Å². The maximum absolute atomic E-state index is 5.70. The third-order valence-electron chi connectivity index (χ3n) is 3.55. The summed E-state index contributed by atoms with van der Waals surface area (Å²) in [5, 5.41) is 0. The van der Waals surface area contributed by atoms with Gasteiger partial charge in [-0.15, -0.1) is 0 Å². The molecule has 9 heteroatoms. The van der Waals surface area contributed by atoms with Crippen LogP contribution in [-0.2, 0) is 31.6 Å². The molecule has 0 spiro atoms. The van der Waals surface area contributed by atoms with Crippen molar-refractivity contribution in [3.8, 4) is 0 Å². The summed E-state index contributed by atoms with van der Waals surface area (Å²) in [6.45, 7) is 16.1. The van der Waals surface area contributed by atoms with E-state index in [0.29, 0.717) is 26.4 Å². The van der Waals surface area contributed by atoms with Crippen molar-refractivity contribution in [1.82, 2.24) is 0 Å². The molecule has 28 heavy (non-hydrogen) atoms. The minimum atomic E-state index is -2.46. The molecule has 0 aromatic carbocycles. The maximum atomic E-state index is 5.70.